The predicted molar refractivity (Wildman–Crippen MR) is 71.3 cm³/mol. The van der Waals surface area contributed by atoms with E-state index in [4.69, 9.17) is 0 Å². The highest BCUT2D eigenvalue weighted by atomic mass is 32.2. The number of hydrogen-bond donors (Lipinski definition) is 1. The van der Waals surface area contributed by atoms with Gasteiger partial charge < -0.3 is 5.32 Å². The molecule has 1 rings (SSSR count). The second-order valence-electron chi connectivity index (χ2n) is 4.87. The Bertz CT molecular complexity index is 223. The smallest absolute Gasteiger partial charge is 0.0244 e. The fourth-order valence-electron chi connectivity index (χ4n) is 2.32. The predicted octanol–water partition coefficient (Wildman–Crippen LogP) is 1.22. The van der Waals surface area contributed by atoms with Crippen LogP contribution in [0.2, 0.25) is 0 Å². The lowest BCUT2D eigenvalue weighted by Gasteiger charge is -2.38. The van der Waals surface area contributed by atoms with Gasteiger partial charge in [-0.05, 0) is 26.3 Å². The summed E-state index contributed by atoms with van der Waals surface area (Å²) in [4.78, 5) is 2.55. The van der Waals surface area contributed by atoms with Crippen LogP contribution in [0.5, 0.6) is 0 Å². The molecule has 0 aromatic heterocycles. The van der Waals surface area contributed by atoms with Crippen LogP contribution in [0.3, 0.4) is 0 Å². The average molecular weight is 246 g/mol. The summed E-state index contributed by atoms with van der Waals surface area (Å²) in [6, 6.07) is 1.28. The van der Waals surface area contributed by atoms with E-state index in [0.717, 1.165) is 31.8 Å². The summed E-state index contributed by atoms with van der Waals surface area (Å²) >= 11 is 0. The van der Waals surface area contributed by atoms with E-state index in [-0.39, 0.29) is 0 Å². The second-order valence-corrected chi connectivity index (χ2v) is 6.42. The van der Waals surface area contributed by atoms with Gasteiger partial charge in [0.1, 0.15) is 0 Å². The van der Waals surface area contributed by atoms with E-state index in [9.17, 15) is 4.21 Å². The van der Waals surface area contributed by atoms with Crippen molar-refractivity contribution in [2.24, 2.45) is 0 Å². The molecule has 0 amide bonds. The Balaban J connectivity index is 2.28. The number of hydrogen-bond acceptors (Lipinski definition) is 3. The molecule has 16 heavy (non-hydrogen) atoms. The molecule has 1 aliphatic rings. The van der Waals surface area contributed by atoms with Gasteiger partial charge in [0.2, 0.25) is 0 Å². The molecule has 0 spiro atoms. The lowest BCUT2D eigenvalue weighted by molar-refractivity contribution is 0.137. The first-order chi connectivity index (χ1) is 7.63. The molecule has 0 saturated carbocycles. The Morgan fingerprint density at radius 2 is 2.25 bits per heavy atom. The van der Waals surface area contributed by atoms with Crippen LogP contribution in [-0.2, 0) is 10.8 Å². The van der Waals surface area contributed by atoms with Crippen LogP contribution in [0.15, 0.2) is 0 Å². The topological polar surface area (TPSA) is 32.3 Å². The molecule has 1 saturated heterocycles. The zero-order valence-electron chi connectivity index (χ0n) is 10.9. The van der Waals surface area contributed by atoms with Gasteiger partial charge in [-0.3, -0.25) is 9.11 Å². The van der Waals surface area contributed by atoms with Gasteiger partial charge in [0, 0.05) is 48.0 Å². The Morgan fingerprint density at radius 1 is 1.50 bits per heavy atom. The fraction of sp³-hybridized carbons (Fsp3) is 1.00. The molecular weight excluding hydrogens is 220 g/mol. The fourth-order valence-corrected chi connectivity index (χ4v) is 2.85. The van der Waals surface area contributed by atoms with E-state index in [1.54, 1.807) is 6.26 Å². The Morgan fingerprint density at radius 3 is 2.88 bits per heavy atom. The summed E-state index contributed by atoms with van der Waals surface area (Å²) in [5.41, 5.74) is 0. The summed E-state index contributed by atoms with van der Waals surface area (Å²) in [5, 5.41) is 3.60. The minimum Gasteiger partial charge on any atom is -0.311 e. The van der Waals surface area contributed by atoms with Crippen molar-refractivity contribution in [3.63, 3.8) is 0 Å². The molecule has 0 aromatic carbocycles. The molecule has 1 aliphatic heterocycles. The first-order valence-corrected chi connectivity index (χ1v) is 8.13. The Labute approximate surface area is 102 Å². The number of rotatable bonds is 6. The van der Waals surface area contributed by atoms with Crippen LogP contribution in [0.1, 0.15) is 33.1 Å². The minimum absolute atomic E-state index is 0.624. The number of nitrogens with zero attached hydrogens (tertiary/aromatic N) is 1. The van der Waals surface area contributed by atoms with Crippen molar-refractivity contribution < 1.29 is 4.21 Å². The standard InChI is InChI=1S/C12H26N2OS/c1-4-6-12-10-14(11(2)9-13-12)7-5-8-16(3)15/h11-13H,4-10H2,1-3H3. The molecule has 0 aromatic rings. The van der Waals surface area contributed by atoms with Crippen molar-refractivity contribution in [2.75, 3.05) is 31.6 Å². The highest BCUT2D eigenvalue weighted by Crippen LogP contribution is 2.10. The van der Waals surface area contributed by atoms with Crippen LogP contribution >= 0.6 is 0 Å². The molecule has 0 aliphatic carbocycles. The van der Waals surface area contributed by atoms with Gasteiger partial charge in [-0.25, -0.2) is 0 Å². The van der Waals surface area contributed by atoms with Crippen LogP contribution in [-0.4, -0.2) is 52.8 Å². The Kier molecular flexibility index (Phi) is 6.54. The van der Waals surface area contributed by atoms with E-state index in [1.165, 1.54) is 12.8 Å². The molecule has 0 bridgehead atoms. The summed E-state index contributed by atoms with van der Waals surface area (Å²) in [5.74, 6) is 0.842. The van der Waals surface area contributed by atoms with Crippen LogP contribution in [0.4, 0.5) is 0 Å². The highest BCUT2D eigenvalue weighted by molar-refractivity contribution is 7.84. The van der Waals surface area contributed by atoms with Crippen molar-refractivity contribution in [1.29, 1.82) is 0 Å². The van der Waals surface area contributed by atoms with Crippen LogP contribution in [0.25, 0.3) is 0 Å². The maximum atomic E-state index is 11.0. The van der Waals surface area contributed by atoms with E-state index < -0.39 is 10.8 Å². The van der Waals surface area contributed by atoms with Gasteiger partial charge >= 0.3 is 0 Å². The first-order valence-electron chi connectivity index (χ1n) is 6.41. The van der Waals surface area contributed by atoms with Crippen molar-refractivity contribution in [3.8, 4) is 0 Å². The lowest BCUT2D eigenvalue weighted by Crippen LogP contribution is -2.55. The van der Waals surface area contributed by atoms with Crippen molar-refractivity contribution in [1.82, 2.24) is 10.2 Å². The third kappa shape index (κ3) is 4.93. The van der Waals surface area contributed by atoms with Crippen molar-refractivity contribution >= 4 is 10.8 Å². The number of piperazine rings is 1. The summed E-state index contributed by atoms with van der Waals surface area (Å²) < 4.78 is 11.0. The first kappa shape index (κ1) is 14.1. The maximum Gasteiger partial charge on any atom is 0.0244 e. The lowest BCUT2D eigenvalue weighted by atomic mass is 10.1. The summed E-state index contributed by atoms with van der Waals surface area (Å²) in [6.07, 6.45) is 5.37. The molecule has 1 fully saturated rings. The quantitative estimate of drug-likeness (QED) is 0.765. The summed E-state index contributed by atoms with van der Waals surface area (Å²) in [6.45, 7) is 7.87. The molecule has 3 atom stereocenters. The van der Waals surface area contributed by atoms with Gasteiger partial charge in [-0.2, -0.15) is 0 Å². The van der Waals surface area contributed by atoms with Crippen molar-refractivity contribution in [2.45, 2.75) is 45.2 Å². The normalized spacial score (nSPS) is 29.2. The van der Waals surface area contributed by atoms with Gasteiger partial charge in [-0.1, -0.05) is 13.3 Å². The minimum atomic E-state index is -0.636. The van der Waals surface area contributed by atoms with E-state index in [0.29, 0.717) is 12.1 Å². The molecule has 96 valence electrons. The second kappa shape index (κ2) is 7.41. The van der Waals surface area contributed by atoms with Crippen LogP contribution in [0, 0.1) is 0 Å². The largest absolute Gasteiger partial charge is 0.311 e. The summed E-state index contributed by atoms with van der Waals surface area (Å²) in [7, 11) is -0.636. The molecule has 3 nitrogen and oxygen atoms in total. The molecule has 1 N–H and O–H groups in total. The van der Waals surface area contributed by atoms with Gasteiger partial charge in [0.05, 0.1) is 0 Å². The molecular formula is C12H26N2OS. The van der Waals surface area contributed by atoms with Gasteiger partial charge in [-0.15, -0.1) is 0 Å². The molecule has 0 radical (unpaired) electrons. The number of nitrogens with one attached hydrogen (secondary N) is 1. The third-order valence-electron chi connectivity index (χ3n) is 3.29. The SMILES string of the molecule is CCCC1CN(CCCS(C)=O)C(C)CN1. The van der Waals surface area contributed by atoms with E-state index >= 15 is 0 Å². The third-order valence-corrected chi connectivity index (χ3v) is 4.16. The zero-order valence-corrected chi connectivity index (χ0v) is 11.7. The average Bonchev–Trinajstić information content (AvgIpc) is 2.22. The van der Waals surface area contributed by atoms with E-state index in [2.05, 4.69) is 24.1 Å². The van der Waals surface area contributed by atoms with Crippen LogP contribution < -0.4 is 5.32 Å². The molecule has 3 unspecified atom stereocenters. The van der Waals surface area contributed by atoms with E-state index in [1.807, 2.05) is 0 Å². The monoisotopic (exact) mass is 246 g/mol. The maximum absolute atomic E-state index is 11.0. The zero-order chi connectivity index (χ0) is 12.0. The molecule has 1 heterocycles. The Hall–Kier alpha value is 0.0700. The van der Waals surface area contributed by atoms with Gasteiger partial charge in [0.15, 0.2) is 0 Å². The van der Waals surface area contributed by atoms with Gasteiger partial charge in [0.25, 0.3) is 0 Å². The highest BCUT2D eigenvalue weighted by Gasteiger charge is 2.23. The van der Waals surface area contributed by atoms with Crippen molar-refractivity contribution in [3.05, 3.63) is 0 Å². The molecule has 4 heteroatoms.